The van der Waals surface area contributed by atoms with Gasteiger partial charge >= 0.3 is 0 Å². The van der Waals surface area contributed by atoms with Crippen LogP contribution < -0.4 is 11.1 Å². The SMILES string of the molecule is CC(C)c1nccn1Cc1cccc(NC(=O)c2csc(CCN)n2)c1.Cl.Cl. The molecule has 0 radical (unpaired) electrons. The second-order valence-corrected chi connectivity index (χ2v) is 7.33. The lowest BCUT2D eigenvalue weighted by molar-refractivity contribution is 0.102. The number of amides is 1. The van der Waals surface area contributed by atoms with E-state index in [0.29, 0.717) is 31.1 Å². The lowest BCUT2D eigenvalue weighted by Crippen LogP contribution is -2.13. The highest BCUT2D eigenvalue weighted by molar-refractivity contribution is 7.09. The second-order valence-electron chi connectivity index (χ2n) is 6.39. The van der Waals surface area contributed by atoms with Crippen LogP contribution in [0.5, 0.6) is 0 Å². The molecule has 1 amide bonds. The summed E-state index contributed by atoms with van der Waals surface area (Å²) in [6.07, 6.45) is 4.49. The van der Waals surface area contributed by atoms with Gasteiger partial charge in [-0.25, -0.2) is 9.97 Å². The number of halogens is 2. The zero-order valence-corrected chi connectivity index (χ0v) is 18.2. The van der Waals surface area contributed by atoms with E-state index >= 15 is 0 Å². The summed E-state index contributed by atoms with van der Waals surface area (Å²) in [7, 11) is 0. The molecule has 152 valence electrons. The average Bonchev–Trinajstić information content (AvgIpc) is 3.25. The van der Waals surface area contributed by atoms with E-state index in [4.69, 9.17) is 5.73 Å². The quantitative estimate of drug-likeness (QED) is 0.577. The zero-order valence-electron chi connectivity index (χ0n) is 15.8. The van der Waals surface area contributed by atoms with Crippen molar-refractivity contribution in [1.29, 1.82) is 0 Å². The molecule has 2 aromatic heterocycles. The van der Waals surface area contributed by atoms with Crippen LogP contribution in [-0.4, -0.2) is 27.0 Å². The molecule has 28 heavy (non-hydrogen) atoms. The molecule has 0 saturated heterocycles. The Labute approximate surface area is 181 Å². The van der Waals surface area contributed by atoms with Crippen LogP contribution in [0.2, 0.25) is 0 Å². The van der Waals surface area contributed by atoms with Crippen LogP contribution in [0, 0.1) is 0 Å². The van der Waals surface area contributed by atoms with Gasteiger partial charge in [0, 0.05) is 42.3 Å². The predicted molar refractivity (Wildman–Crippen MR) is 119 cm³/mol. The first kappa shape index (κ1) is 24.1. The maximum Gasteiger partial charge on any atom is 0.275 e. The van der Waals surface area contributed by atoms with Crippen molar-refractivity contribution in [2.24, 2.45) is 5.73 Å². The van der Waals surface area contributed by atoms with Crippen molar-refractivity contribution in [3.8, 4) is 0 Å². The molecule has 0 fully saturated rings. The molecule has 0 aliphatic heterocycles. The van der Waals surface area contributed by atoms with E-state index in [1.165, 1.54) is 11.3 Å². The highest BCUT2D eigenvalue weighted by Crippen LogP contribution is 2.18. The smallest absolute Gasteiger partial charge is 0.275 e. The number of nitrogens with one attached hydrogen (secondary N) is 1. The number of thiazole rings is 1. The van der Waals surface area contributed by atoms with E-state index in [9.17, 15) is 4.79 Å². The molecule has 3 rings (SSSR count). The molecule has 0 unspecified atom stereocenters. The fraction of sp³-hybridized carbons (Fsp3) is 0.316. The Morgan fingerprint density at radius 1 is 1.32 bits per heavy atom. The lowest BCUT2D eigenvalue weighted by atomic mass is 10.1. The van der Waals surface area contributed by atoms with E-state index in [2.05, 4.69) is 33.7 Å². The van der Waals surface area contributed by atoms with E-state index in [0.717, 1.165) is 22.1 Å². The first-order valence-corrected chi connectivity index (χ1v) is 9.50. The van der Waals surface area contributed by atoms with Gasteiger partial charge in [0.05, 0.1) is 5.01 Å². The van der Waals surface area contributed by atoms with Crippen LogP contribution in [0.25, 0.3) is 0 Å². The van der Waals surface area contributed by atoms with Gasteiger partial charge in [0.1, 0.15) is 11.5 Å². The van der Waals surface area contributed by atoms with Crippen molar-refractivity contribution >= 4 is 47.7 Å². The van der Waals surface area contributed by atoms with Gasteiger partial charge in [-0.2, -0.15) is 0 Å². The van der Waals surface area contributed by atoms with Crippen molar-refractivity contribution in [2.45, 2.75) is 32.7 Å². The topological polar surface area (TPSA) is 85.8 Å². The van der Waals surface area contributed by atoms with Gasteiger partial charge < -0.3 is 15.6 Å². The largest absolute Gasteiger partial charge is 0.330 e. The molecule has 2 heterocycles. The summed E-state index contributed by atoms with van der Waals surface area (Å²) in [5, 5.41) is 5.57. The maximum absolute atomic E-state index is 12.4. The lowest BCUT2D eigenvalue weighted by Gasteiger charge is -2.11. The summed E-state index contributed by atoms with van der Waals surface area (Å²) in [6.45, 7) is 5.50. The summed E-state index contributed by atoms with van der Waals surface area (Å²) in [4.78, 5) is 21.1. The van der Waals surface area contributed by atoms with Gasteiger partial charge in [-0.15, -0.1) is 36.2 Å². The Bertz CT molecular complexity index is 894. The molecule has 3 N–H and O–H groups in total. The number of nitrogens with two attached hydrogens (primary N) is 1. The molecule has 0 atom stereocenters. The fourth-order valence-electron chi connectivity index (χ4n) is 2.75. The molecule has 9 heteroatoms. The number of imidazole rings is 1. The number of hydrogen-bond acceptors (Lipinski definition) is 5. The molecular weight excluding hydrogens is 417 g/mol. The van der Waals surface area contributed by atoms with Crippen LogP contribution in [-0.2, 0) is 13.0 Å². The number of hydrogen-bond donors (Lipinski definition) is 2. The fourth-order valence-corrected chi connectivity index (χ4v) is 3.54. The summed E-state index contributed by atoms with van der Waals surface area (Å²) in [5.74, 6) is 1.21. The molecule has 6 nitrogen and oxygen atoms in total. The molecule has 0 aliphatic rings. The highest BCUT2D eigenvalue weighted by atomic mass is 35.5. The molecule has 0 aliphatic carbocycles. The minimum absolute atomic E-state index is 0. The van der Waals surface area contributed by atoms with Crippen LogP contribution in [0.1, 0.15) is 46.6 Å². The second kappa shape index (κ2) is 11.2. The summed E-state index contributed by atoms with van der Waals surface area (Å²) in [5.41, 5.74) is 7.82. The van der Waals surface area contributed by atoms with Gasteiger partial charge in [-0.05, 0) is 24.2 Å². The zero-order chi connectivity index (χ0) is 18.5. The average molecular weight is 442 g/mol. The van der Waals surface area contributed by atoms with Gasteiger partial charge in [0.15, 0.2) is 0 Å². The third-order valence-electron chi connectivity index (χ3n) is 3.94. The molecule has 0 spiro atoms. The molecule has 0 saturated carbocycles. The number of anilines is 1. The van der Waals surface area contributed by atoms with Crippen LogP contribution in [0.4, 0.5) is 5.69 Å². The molecule has 3 aromatic rings. The van der Waals surface area contributed by atoms with E-state index in [-0.39, 0.29) is 30.7 Å². The Hall–Kier alpha value is -1.93. The van der Waals surface area contributed by atoms with Crippen molar-refractivity contribution in [3.63, 3.8) is 0 Å². The first-order valence-electron chi connectivity index (χ1n) is 8.62. The number of nitrogens with zero attached hydrogens (tertiary/aromatic N) is 3. The highest BCUT2D eigenvalue weighted by Gasteiger charge is 2.12. The van der Waals surface area contributed by atoms with Crippen molar-refractivity contribution in [2.75, 3.05) is 11.9 Å². The number of carbonyl (C=O) groups excluding carboxylic acids is 1. The number of benzene rings is 1. The van der Waals surface area contributed by atoms with Crippen molar-refractivity contribution < 1.29 is 4.79 Å². The molecular formula is C19H25Cl2N5OS. The Morgan fingerprint density at radius 3 is 2.82 bits per heavy atom. The normalized spacial score (nSPS) is 10.3. The van der Waals surface area contributed by atoms with Gasteiger partial charge in [-0.1, -0.05) is 26.0 Å². The van der Waals surface area contributed by atoms with Gasteiger partial charge in [-0.3, -0.25) is 4.79 Å². The monoisotopic (exact) mass is 441 g/mol. The van der Waals surface area contributed by atoms with Crippen LogP contribution in [0.15, 0.2) is 42.0 Å². The molecule has 1 aromatic carbocycles. The van der Waals surface area contributed by atoms with Gasteiger partial charge in [0.2, 0.25) is 0 Å². The predicted octanol–water partition coefficient (Wildman–Crippen LogP) is 4.11. The number of aromatic nitrogens is 3. The standard InChI is InChI=1S/C19H23N5OS.2ClH/c1-13(2)18-21-8-9-24(18)11-14-4-3-5-15(10-14)22-19(25)16-12-26-17(23-16)6-7-20;;/h3-5,8-10,12-13H,6-7,11,20H2,1-2H3,(H,22,25);2*1H. The summed E-state index contributed by atoms with van der Waals surface area (Å²) in [6, 6.07) is 7.85. The summed E-state index contributed by atoms with van der Waals surface area (Å²) >= 11 is 1.46. The third kappa shape index (κ3) is 6.04. The Balaban J connectivity index is 0.00000196. The van der Waals surface area contributed by atoms with Crippen LogP contribution in [0.3, 0.4) is 0 Å². The van der Waals surface area contributed by atoms with Crippen LogP contribution >= 0.6 is 36.2 Å². The van der Waals surface area contributed by atoms with Crippen molar-refractivity contribution in [3.05, 3.63) is 64.1 Å². The van der Waals surface area contributed by atoms with E-state index in [1.54, 1.807) is 5.38 Å². The Kier molecular flexibility index (Phi) is 9.61. The number of rotatable bonds is 7. The van der Waals surface area contributed by atoms with E-state index in [1.807, 2.05) is 36.7 Å². The summed E-state index contributed by atoms with van der Waals surface area (Å²) < 4.78 is 2.13. The minimum atomic E-state index is -0.202. The third-order valence-corrected chi connectivity index (χ3v) is 4.85. The van der Waals surface area contributed by atoms with Crippen molar-refractivity contribution in [1.82, 2.24) is 14.5 Å². The Morgan fingerprint density at radius 2 is 2.11 bits per heavy atom. The first-order chi connectivity index (χ1) is 12.6. The van der Waals surface area contributed by atoms with Gasteiger partial charge in [0.25, 0.3) is 5.91 Å². The number of carbonyl (C=O) groups is 1. The maximum atomic E-state index is 12.4. The van der Waals surface area contributed by atoms with E-state index < -0.39 is 0 Å². The molecule has 0 bridgehead atoms. The minimum Gasteiger partial charge on any atom is -0.330 e.